The molecule has 0 radical (unpaired) electrons. The Balaban J connectivity index is 2.60. The van der Waals surface area contributed by atoms with E-state index in [-0.39, 0.29) is 17.8 Å². The third-order valence-electron chi connectivity index (χ3n) is 4.73. The van der Waals surface area contributed by atoms with Crippen LogP contribution in [-0.4, -0.2) is 12.6 Å². The normalized spacial score (nSPS) is 18.7. The van der Waals surface area contributed by atoms with Crippen LogP contribution >= 0.6 is 0 Å². The van der Waals surface area contributed by atoms with Gasteiger partial charge < -0.3 is 4.74 Å². The predicted molar refractivity (Wildman–Crippen MR) is 112 cm³/mol. The van der Waals surface area contributed by atoms with Gasteiger partial charge in [0.25, 0.3) is 0 Å². The lowest BCUT2D eigenvalue weighted by atomic mass is 9.72. The standard InChI is InChI=1S/C24H34O2/c1-7-10-23(25)26-18-16-20(3)12-8-11-19(2)14-15-22-21(4)13-9-17-24(22,5)6/h7-8,11-12,14-16H,1,9-10,13,17-18H2,2-6H3/b12-8+,15-14+,19-11+,20-16+. The molecule has 0 aliphatic heterocycles. The van der Waals surface area contributed by atoms with Gasteiger partial charge in [-0.25, -0.2) is 0 Å². The molecule has 1 aliphatic carbocycles. The van der Waals surface area contributed by atoms with E-state index in [9.17, 15) is 4.79 Å². The maximum Gasteiger partial charge on any atom is 0.309 e. The minimum Gasteiger partial charge on any atom is -0.461 e. The fourth-order valence-corrected chi connectivity index (χ4v) is 3.14. The van der Waals surface area contributed by atoms with Crippen molar-refractivity contribution >= 4 is 5.97 Å². The molecule has 0 heterocycles. The first-order valence-corrected chi connectivity index (χ1v) is 9.43. The second-order valence-electron chi connectivity index (χ2n) is 7.66. The molecule has 1 rings (SSSR count). The minimum atomic E-state index is -0.246. The fourth-order valence-electron chi connectivity index (χ4n) is 3.14. The third kappa shape index (κ3) is 7.86. The largest absolute Gasteiger partial charge is 0.461 e. The number of esters is 1. The summed E-state index contributed by atoms with van der Waals surface area (Å²) in [5.74, 6) is -0.246. The van der Waals surface area contributed by atoms with E-state index in [0.29, 0.717) is 6.61 Å². The van der Waals surface area contributed by atoms with Crippen LogP contribution in [0.15, 0.2) is 71.4 Å². The lowest BCUT2D eigenvalue weighted by molar-refractivity contribution is -0.141. The van der Waals surface area contributed by atoms with Crippen molar-refractivity contribution in [3.8, 4) is 0 Å². The van der Waals surface area contributed by atoms with Crippen LogP contribution in [0.1, 0.15) is 60.3 Å². The van der Waals surface area contributed by atoms with Gasteiger partial charge in [0.2, 0.25) is 0 Å². The first kappa shape index (κ1) is 22.0. The summed E-state index contributed by atoms with van der Waals surface area (Å²) in [6, 6.07) is 0. The summed E-state index contributed by atoms with van der Waals surface area (Å²) in [7, 11) is 0. The summed E-state index contributed by atoms with van der Waals surface area (Å²) in [5.41, 5.74) is 5.56. The summed E-state index contributed by atoms with van der Waals surface area (Å²) >= 11 is 0. The van der Waals surface area contributed by atoms with E-state index in [1.54, 1.807) is 6.08 Å². The monoisotopic (exact) mass is 354 g/mol. The average Bonchev–Trinajstić information content (AvgIpc) is 2.54. The van der Waals surface area contributed by atoms with Crippen LogP contribution in [0.4, 0.5) is 0 Å². The highest BCUT2D eigenvalue weighted by Crippen LogP contribution is 2.40. The zero-order valence-electron chi connectivity index (χ0n) is 17.1. The number of rotatable bonds is 8. The van der Waals surface area contributed by atoms with E-state index in [1.165, 1.54) is 36.0 Å². The molecule has 0 spiro atoms. The molecule has 2 heteroatoms. The smallest absolute Gasteiger partial charge is 0.309 e. The van der Waals surface area contributed by atoms with Gasteiger partial charge in [-0.3, -0.25) is 4.79 Å². The molecule has 0 saturated heterocycles. The molecule has 0 atom stereocenters. The van der Waals surface area contributed by atoms with Crippen LogP contribution in [0.2, 0.25) is 0 Å². The van der Waals surface area contributed by atoms with Gasteiger partial charge >= 0.3 is 5.97 Å². The number of hydrogen-bond acceptors (Lipinski definition) is 2. The molecule has 0 N–H and O–H groups in total. The van der Waals surface area contributed by atoms with Crippen molar-refractivity contribution in [2.24, 2.45) is 5.41 Å². The second-order valence-corrected chi connectivity index (χ2v) is 7.66. The van der Waals surface area contributed by atoms with Crippen molar-refractivity contribution in [2.75, 3.05) is 6.61 Å². The molecular formula is C24H34O2. The Labute approximate surface area is 159 Å². The van der Waals surface area contributed by atoms with E-state index >= 15 is 0 Å². The van der Waals surface area contributed by atoms with Crippen LogP contribution in [0, 0.1) is 5.41 Å². The molecule has 2 nitrogen and oxygen atoms in total. The summed E-state index contributed by atoms with van der Waals surface area (Å²) < 4.78 is 5.06. The van der Waals surface area contributed by atoms with Crippen LogP contribution in [-0.2, 0) is 9.53 Å². The number of carbonyl (C=O) groups is 1. The SMILES string of the molecule is C=CCC(=O)OC/C=C(C)/C=C/C=C(C)/C=C/C1=C(C)CCCC1(C)C. The second kappa shape index (κ2) is 10.8. The molecule has 0 bridgehead atoms. The van der Waals surface area contributed by atoms with Crippen LogP contribution < -0.4 is 0 Å². The molecule has 0 aromatic rings. The highest BCUT2D eigenvalue weighted by molar-refractivity contribution is 5.71. The summed E-state index contributed by atoms with van der Waals surface area (Å²) in [5, 5.41) is 0. The van der Waals surface area contributed by atoms with Gasteiger partial charge in [-0.05, 0) is 57.1 Å². The van der Waals surface area contributed by atoms with Crippen LogP contribution in [0.3, 0.4) is 0 Å². The summed E-state index contributed by atoms with van der Waals surface area (Å²) in [4.78, 5) is 11.2. The van der Waals surface area contributed by atoms with Crippen molar-refractivity contribution < 1.29 is 9.53 Å². The van der Waals surface area contributed by atoms with Crippen molar-refractivity contribution in [3.63, 3.8) is 0 Å². The molecule has 0 unspecified atom stereocenters. The van der Waals surface area contributed by atoms with Gasteiger partial charge in [-0.15, -0.1) is 6.58 Å². The molecule has 0 saturated carbocycles. The number of ether oxygens (including phenoxy) is 1. The highest BCUT2D eigenvalue weighted by Gasteiger charge is 2.26. The Morgan fingerprint density at radius 2 is 1.96 bits per heavy atom. The van der Waals surface area contributed by atoms with Gasteiger partial charge in [0.15, 0.2) is 0 Å². The quantitative estimate of drug-likeness (QED) is 0.277. The Morgan fingerprint density at radius 1 is 1.23 bits per heavy atom. The number of hydrogen-bond donors (Lipinski definition) is 0. The first-order chi connectivity index (χ1) is 12.3. The maximum atomic E-state index is 11.2. The Kier molecular flexibility index (Phi) is 9.12. The van der Waals surface area contributed by atoms with Gasteiger partial charge in [-0.1, -0.05) is 67.0 Å². The van der Waals surface area contributed by atoms with Crippen molar-refractivity contribution in [1.82, 2.24) is 0 Å². The Hall–Kier alpha value is -2.09. The molecule has 0 aromatic carbocycles. The Morgan fingerprint density at radius 3 is 2.62 bits per heavy atom. The van der Waals surface area contributed by atoms with Gasteiger partial charge in [-0.2, -0.15) is 0 Å². The van der Waals surface area contributed by atoms with Crippen molar-refractivity contribution in [2.45, 2.75) is 60.3 Å². The molecule has 26 heavy (non-hydrogen) atoms. The zero-order chi connectivity index (χ0) is 19.6. The van der Waals surface area contributed by atoms with Crippen LogP contribution in [0.25, 0.3) is 0 Å². The molecule has 0 aromatic heterocycles. The van der Waals surface area contributed by atoms with Gasteiger partial charge in [0.1, 0.15) is 6.61 Å². The third-order valence-corrected chi connectivity index (χ3v) is 4.73. The van der Waals surface area contributed by atoms with E-state index in [2.05, 4.69) is 52.5 Å². The molecule has 142 valence electrons. The fraction of sp³-hybridized carbons (Fsp3) is 0.458. The number of allylic oxidation sites excluding steroid dienone is 9. The van der Waals surface area contributed by atoms with E-state index in [4.69, 9.17) is 4.74 Å². The van der Waals surface area contributed by atoms with Gasteiger partial charge in [0, 0.05) is 0 Å². The van der Waals surface area contributed by atoms with E-state index in [0.717, 1.165) is 5.57 Å². The lowest BCUT2D eigenvalue weighted by Crippen LogP contribution is -2.19. The van der Waals surface area contributed by atoms with Crippen molar-refractivity contribution in [3.05, 3.63) is 71.4 Å². The summed E-state index contributed by atoms with van der Waals surface area (Å²) in [6.45, 7) is 14.9. The molecule has 0 fully saturated rings. The summed E-state index contributed by atoms with van der Waals surface area (Å²) in [6.07, 6.45) is 18.1. The lowest BCUT2D eigenvalue weighted by Gasteiger charge is -2.32. The highest BCUT2D eigenvalue weighted by atomic mass is 16.5. The van der Waals surface area contributed by atoms with Crippen LogP contribution in [0.5, 0.6) is 0 Å². The first-order valence-electron chi connectivity index (χ1n) is 9.43. The minimum absolute atomic E-state index is 0.246. The van der Waals surface area contributed by atoms with E-state index in [1.807, 2.05) is 25.2 Å². The molecule has 0 amide bonds. The average molecular weight is 355 g/mol. The topological polar surface area (TPSA) is 26.3 Å². The molecular weight excluding hydrogens is 320 g/mol. The Bertz CT molecular complexity index is 652. The van der Waals surface area contributed by atoms with E-state index < -0.39 is 0 Å². The molecule has 1 aliphatic rings. The maximum absolute atomic E-state index is 11.2. The predicted octanol–water partition coefficient (Wildman–Crippen LogP) is 6.64. The number of carbonyl (C=O) groups excluding carboxylic acids is 1. The van der Waals surface area contributed by atoms with Crippen molar-refractivity contribution in [1.29, 1.82) is 0 Å². The van der Waals surface area contributed by atoms with Gasteiger partial charge in [0.05, 0.1) is 6.42 Å². The zero-order valence-corrected chi connectivity index (χ0v) is 17.1.